The normalized spacial score (nSPS) is 14.9. The van der Waals surface area contributed by atoms with E-state index in [4.69, 9.17) is 14.6 Å². The summed E-state index contributed by atoms with van der Waals surface area (Å²) in [5.41, 5.74) is 4.47. The highest BCUT2D eigenvalue weighted by atomic mass is 16.5. The summed E-state index contributed by atoms with van der Waals surface area (Å²) >= 11 is 0. The number of carboxylic acids is 1. The molecule has 0 aliphatic heterocycles. The number of hydrogen-bond acceptors (Lipinski definition) is 5. The fraction of sp³-hybridized carbons (Fsp3) is 0.423. The Labute approximate surface area is 199 Å². The van der Waals surface area contributed by atoms with Crippen molar-refractivity contribution in [3.8, 4) is 11.1 Å². The molecule has 0 aromatic heterocycles. The molecule has 182 valence electrons. The molecule has 34 heavy (non-hydrogen) atoms. The van der Waals surface area contributed by atoms with Crippen molar-refractivity contribution in [2.45, 2.75) is 44.8 Å². The van der Waals surface area contributed by atoms with Gasteiger partial charge in [-0.05, 0) is 41.5 Å². The van der Waals surface area contributed by atoms with Gasteiger partial charge in [0.1, 0.15) is 12.6 Å². The molecule has 1 aliphatic rings. The molecule has 0 heterocycles. The van der Waals surface area contributed by atoms with Crippen LogP contribution in [0.1, 0.15) is 43.7 Å². The lowest BCUT2D eigenvalue weighted by atomic mass is 9.98. The average molecular weight is 469 g/mol. The highest BCUT2D eigenvalue weighted by Crippen LogP contribution is 2.44. The molecule has 3 atom stereocenters. The topological polar surface area (TPSA) is 114 Å². The summed E-state index contributed by atoms with van der Waals surface area (Å²) in [6, 6.07) is 15.2. The minimum Gasteiger partial charge on any atom is -0.481 e. The largest absolute Gasteiger partial charge is 0.481 e. The quantitative estimate of drug-likeness (QED) is 0.465. The molecule has 8 nitrogen and oxygen atoms in total. The Morgan fingerprint density at radius 3 is 2.15 bits per heavy atom. The number of carboxylic acid groups (broad SMARTS) is 1. The van der Waals surface area contributed by atoms with Crippen molar-refractivity contribution in [1.29, 1.82) is 0 Å². The van der Waals surface area contributed by atoms with Gasteiger partial charge in [-0.1, -0.05) is 55.5 Å². The van der Waals surface area contributed by atoms with E-state index < -0.39 is 30.1 Å². The number of benzene rings is 2. The molecule has 0 spiro atoms. The highest BCUT2D eigenvalue weighted by molar-refractivity contribution is 5.86. The maximum Gasteiger partial charge on any atom is 0.407 e. The first-order valence-electron chi connectivity index (χ1n) is 11.5. The maximum atomic E-state index is 12.7. The Balaban J connectivity index is 1.59. The number of fused-ring (bicyclic) bond motifs is 3. The molecule has 0 fully saturated rings. The van der Waals surface area contributed by atoms with Crippen molar-refractivity contribution in [3.05, 3.63) is 59.7 Å². The minimum atomic E-state index is -0.952. The van der Waals surface area contributed by atoms with Crippen molar-refractivity contribution < 1.29 is 29.0 Å². The first-order valence-corrected chi connectivity index (χ1v) is 11.5. The Hall–Kier alpha value is -3.39. The zero-order valence-electron chi connectivity index (χ0n) is 19.7. The number of hydrogen-bond donors (Lipinski definition) is 3. The third kappa shape index (κ3) is 6.14. The number of ether oxygens (including phenoxy) is 2. The van der Waals surface area contributed by atoms with Crippen LogP contribution in [0.25, 0.3) is 11.1 Å². The third-order valence-electron chi connectivity index (χ3n) is 6.22. The van der Waals surface area contributed by atoms with Crippen molar-refractivity contribution in [2.75, 3.05) is 20.3 Å². The molecular formula is C26H32N2O6. The van der Waals surface area contributed by atoms with Crippen molar-refractivity contribution in [3.63, 3.8) is 0 Å². The van der Waals surface area contributed by atoms with Gasteiger partial charge in [-0.25, -0.2) is 4.79 Å². The molecule has 2 aromatic rings. The second kappa shape index (κ2) is 11.7. The third-order valence-corrected chi connectivity index (χ3v) is 6.22. The van der Waals surface area contributed by atoms with Crippen LogP contribution in [-0.4, -0.2) is 55.5 Å². The van der Waals surface area contributed by atoms with E-state index >= 15 is 0 Å². The molecule has 0 saturated carbocycles. The van der Waals surface area contributed by atoms with Crippen LogP contribution in [0, 0.1) is 5.92 Å². The number of methoxy groups -OCH3 is 1. The summed E-state index contributed by atoms with van der Waals surface area (Å²) in [6.07, 6.45) is -0.813. The van der Waals surface area contributed by atoms with Crippen LogP contribution in [0.2, 0.25) is 0 Å². The van der Waals surface area contributed by atoms with Crippen molar-refractivity contribution >= 4 is 18.0 Å². The van der Waals surface area contributed by atoms with E-state index in [0.717, 1.165) is 22.3 Å². The lowest BCUT2D eigenvalue weighted by Gasteiger charge is -2.24. The average Bonchev–Trinajstić information content (AvgIpc) is 3.16. The van der Waals surface area contributed by atoms with Gasteiger partial charge in [0, 0.05) is 26.0 Å². The van der Waals surface area contributed by atoms with E-state index in [1.165, 1.54) is 7.11 Å². The lowest BCUT2D eigenvalue weighted by molar-refractivity contribution is -0.137. The van der Waals surface area contributed by atoms with E-state index in [1.54, 1.807) is 6.92 Å². The molecule has 3 N–H and O–H groups in total. The van der Waals surface area contributed by atoms with Crippen LogP contribution in [-0.2, 0) is 19.1 Å². The Bertz CT molecular complexity index is 978. The van der Waals surface area contributed by atoms with Gasteiger partial charge in [0.25, 0.3) is 0 Å². The zero-order valence-corrected chi connectivity index (χ0v) is 19.7. The summed E-state index contributed by atoms with van der Waals surface area (Å²) in [5.74, 6) is -1.39. The van der Waals surface area contributed by atoms with Gasteiger partial charge >= 0.3 is 12.1 Å². The molecule has 0 radical (unpaired) electrons. The number of carbonyl (C=O) groups excluding carboxylic acids is 2. The van der Waals surface area contributed by atoms with Gasteiger partial charge in [-0.2, -0.15) is 0 Å². The predicted molar refractivity (Wildman–Crippen MR) is 128 cm³/mol. The first kappa shape index (κ1) is 25.2. The maximum absolute atomic E-state index is 12.7. The second-order valence-corrected chi connectivity index (χ2v) is 8.67. The van der Waals surface area contributed by atoms with Gasteiger partial charge in [-0.3, -0.25) is 9.59 Å². The molecule has 8 heteroatoms. The van der Waals surface area contributed by atoms with E-state index in [9.17, 15) is 14.4 Å². The van der Waals surface area contributed by atoms with Crippen molar-refractivity contribution in [2.24, 2.45) is 5.92 Å². The van der Waals surface area contributed by atoms with Gasteiger partial charge in [0.15, 0.2) is 0 Å². The van der Waals surface area contributed by atoms with Gasteiger partial charge in [0.2, 0.25) is 5.91 Å². The molecule has 1 aliphatic carbocycles. The predicted octanol–water partition coefficient (Wildman–Crippen LogP) is 3.55. The summed E-state index contributed by atoms with van der Waals surface area (Å²) in [5, 5.41) is 14.2. The minimum absolute atomic E-state index is 0.0204. The van der Waals surface area contributed by atoms with Crippen LogP contribution in [0.3, 0.4) is 0 Å². The molecule has 1 unspecified atom stereocenters. The number of nitrogens with one attached hydrogen (secondary N) is 2. The first-order chi connectivity index (χ1) is 16.3. The van der Waals surface area contributed by atoms with Crippen LogP contribution < -0.4 is 10.6 Å². The number of aliphatic carboxylic acids is 1. The van der Waals surface area contributed by atoms with Crippen LogP contribution >= 0.6 is 0 Å². The zero-order chi connectivity index (χ0) is 24.7. The number of alkyl carbamates (subject to hydrolysis) is 1. The molecule has 0 bridgehead atoms. The second-order valence-electron chi connectivity index (χ2n) is 8.67. The monoisotopic (exact) mass is 468 g/mol. The fourth-order valence-corrected chi connectivity index (χ4v) is 4.16. The highest BCUT2D eigenvalue weighted by Gasteiger charge is 2.31. The SMILES string of the molecule is CO[C@H](C)[C@H](NC(=O)OCC1c2ccccc2-c2ccccc21)C(=O)NCC(C)CCC(=O)O. The van der Waals surface area contributed by atoms with E-state index in [-0.39, 0.29) is 24.9 Å². The van der Waals surface area contributed by atoms with Gasteiger partial charge < -0.3 is 25.2 Å². The molecule has 2 aromatic carbocycles. The summed E-state index contributed by atoms with van der Waals surface area (Å²) in [7, 11) is 1.46. The molecular weight excluding hydrogens is 436 g/mol. The fourth-order valence-electron chi connectivity index (χ4n) is 4.16. The summed E-state index contributed by atoms with van der Waals surface area (Å²) in [4.78, 5) is 36.1. The smallest absolute Gasteiger partial charge is 0.407 e. The van der Waals surface area contributed by atoms with Crippen LogP contribution in [0.5, 0.6) is 0 Å². The lowest BCUT2D eigenvalue weighted by Crippen LogP contribution is -2.53. The Morgan fingerprint density at radius 2 is 1.59 bits per heavy atom. The van der Waals surface area contributed by atoms with E-state index in [2.05, 4.69) is 22.8 Å². The Kier molecular flexibility index (Phi) is 8.65. The van der Waals surface area contributed by atoms with E-state index in [1.807, 2.05) is 43.3 Å². The number of carbonyl (C=O) groups is 3. The molecule has 3 rings (SSSR count). The number of amides is 2. The van der Waals surface area contributed by atoms with Gasteiger partial charge in [-0.15, -0.1) is 0 Å². The van der Waals surface area contributed by atoms with Crippen LogP contribution in [0.15, 0.2) is 48.5 Å². The summed E-state index contributed by atoms with van der Waals surface area (Å²) < 4.78 is 10.8. The van der Waals surface area contributed by atoms with Gasteiger partial charge in [0.05, 0.1) is 6.10 Å². The van der Waals surface area contributed by atoms with E-state index in [0.29, 0.717) is 13.0 Å². The standard InChI is InChI=1S/C26H32N2O6/c1-16(12-13-23(29)30)14-27-25(31)24(17(2)33-3)28-26(32)34-15-22-20-10-6-4-8-18(20)19-9-5-7-11-21(19)22/h4-11,16-17,22,24H,12-15H2,1-3H3,(H,27,31)(H,28,32)(H,29,30)/t16?,17-,24+/m1/s1. The summed E-state index contributed by atoms with van der Waals surface area (Å²) in [6.45, 7) is 3.98. The van der Waals surface area contributed by atoms with Crippen LogP contribution in [0.4, 0.5) is 4.79 Å². The number of rotatable bonds is 11. The van der Waals surface area contributed by atoms with Crippen molar-refractivity contribution in [1.82, 2.24) is 10.6 Å². The Morgan fingerprint density at radius 1 is 1.00 bits per heavy atom. The molecule has 0 saturated heterocycles. The molecule has 2 amide bonds.